The summed E-state index contributed by atoms with van der Waals surface area (Å²) in [4.78, 5) is 23.7. The fourth-order valence-corrected chi connectivity index (χ4v) is 2.31. The number of rotatable bonds is 5. The minimum Gasteiger partial charge on any atom is -0.339 e. The molecular formula is C14H17FN2O3. The summed E-state index contributed by atoms with van der Waals surface area (Å²) >= 11 is 0. The minimum atomic E-state index is -0.972. The molecule has 0 saturated heterocycles. The molecule has 0 spiro atoms. The predicted molar refractivity (Wildman–Crippen MR) is 72.0 cm³/mol. The van der Waals surface area contributed by atoms with Gasteiger partial charge in [-0.25, -0.2) is 0 Å². The Balaban J connectivity index is 2.14. The maximum atomic E-state index is 13.6. The summed E-state index contributed by atoms with van der Waals surface area (Å²) in [6.45, 7) is 3.10. The molecule has 0 N–H and O–H groups in total. The molecule has 5 nitrogen and oxygen atoms in total. The fraction of sp³-hybridized carbons (Fsp3) is 0.500. The molecule has 1 aliphatic carbocycles. The molecule has 108 valence electrons. The third-order valence-corrected chi connectivity index (χ3v) is 3.76. The van der Waals surface area contributed by atoms with Crippen LogP contribution in [0.5, 0.6) is 0 Å². The standard InChI is InChI=1S/C14H17FN2O3/c1-2-16(9-10-4-3-5-10)14(18)11-6-7-13(17(19)20)12(15)8-11/h6-8,10H,2-5,9H2,1H3. The van der Waals surface area contributed by atoms with Gasteiger partial charge in [-0.15, -0.1) is 0 Å². The van der Waals surface area contributed by atoms with E-state index in [1.165, 1.54) is 12.5 Å². The summed E-state index contributed by atoms with van der Waals surface area (Å²) < 4.78 is 13.6. The minimum absolute atomic E-state index is 0.161. The summed E-state index contributed by atoms with van der Waals surface area (Å²) in [6.07, 6.45) is 3.44. The van der Waals surface area contributed by atoms with Crippen LogP contribution in [0.3, 0.4) is 0 Å². The first kappa shape index (κ1) is 14.4. The quantitative estimate of drug-likeness (QED) is 0.615. The first-order valence-corrected chi connectivity index (χ1v) is 6.76. The summed E-state index contributed by atoms with van der Waals surface area (Å²) in [7, 11) is 0. The molecule has 1 amide bonds. The highest BCUT2D eigenvalue weighted by Gasteiger charge is 2.24. The molecule has 6 heteroatoms. The van der Waals surface area contributed by atoms with Crippen LogP contribution >= 0.6 is 0 Å². The lowest BCUT2D eigenvalue weighted by Crippen LogP contribution is -2.37. The number of hydrogen-bond donors (Lipinski definition) is 0. The average molecular weight is 280 g/mol. The topological polar surface area (TPSA) is 63.5 Å². The lowest BCUT2D eigenvalue weighted by atomic mass is 9.85. The molecule has 1 aliphatic rings. The molecule has 0 radical (unpaired) electrons. The van der Waals surface area contributed by atoms with Gasteiger partial charge in [0.15, 0.2) is 0 Å². The third-order valence-electron chi connectivity index (χ3n) is 3.76. The van der Waals surface area contributed by atoms with Gasteiger partial charge in [0.25, 0.3) is 5.91 Å². The molecule has 0 bridgehead atoms. The molecule has 0 atom stereocenters. The van der Waals surface area contributed by atoms with E-state index in [4.69, 9.17) is 0 Å². The van der Waals surface area contributed by atoms with Crippen molar-refractivity contribution in [2.75, 3.05) is 13.1 Å². The van der Waals surface area contributed by atoms with Gasteiger partial charge >= 0.3 is 5.69 Å². The van der Waals surface area contributed by atoms with E-state index in [9.17, 15) is 19.3 Å². The molecule has 20 heavy (non-hydrogen) atoms. The average Bonchev–Trinajstić information content (AvgIpc) is 2.36. The van der Waals surface area contributed by atoms with Crippen molar-refractivity contribution in [3.05, 3.63) is 39.7 Å². The van der Waals surface area contributed by atoms with Crippen molar-refractivity contribution in [1.82, 2.24) is 4.90 Å². The lowest BCUT2D eigenvalue weighted by Gasteiger charge is -2.31. The molecule has 0 unspecified atom stereocenters. The van der Waals surface area contributed by atoms with Crippen LogP contribution in [0.25, 0.3) is 0 Å². The van der Waals surface area contributed by atoms with Gasteiger partial charge in [-0.2, -0.15) is 4.39 Å². The van der Waals surface area contributed by atoms with Crippen molar-refractivity contribution in [3.8, 4) is 0 Å². The highest BCUT2D eigenvalue weighted by molar-refractivity contribution is 5.94. The van der Waals surface area contributed by atoms with Crippen LogP contribution < -0.4 is 0 Å². The second-order valence-corrected chi connectivity index (χ2v) is 5.06. The van der Waals surface area contributed by atoms with E-state index >= 15 is 0 Å². The number of halogens is 1. The second kappa shape index (κ2) is 5.98. The number of nitro benzene ring substituents is 1. The maximum Gasteiger partial charge on any atom is 0.304 e. The number of carbonyl (C=O) groups excluding carboxylic acids is 1. The largest absolute Gasteiger partial charge is 0.339 e. The van der Waals surface area contributed by atoms with E-state index in [2.05, 4.69) is 0 Å². The first-order chi connectivity index (χ1) is 9.52. The van der Waals surface area contributed by atoms with Crippen molar-refractivity contribution in [2.24, 2.45) is 5.92 Å². The third kappa shape index (κ3) is 2.95. The Bertz CT molecular complexity index is 529. The Kier molecular flexibility index (Phi) is 4.32. The van der Waals surface area contributed by atoms with Crippen LogP contribution in [0.4, 0.5) is 10.1 Å². The zero-order valence-electron chi connectivity index (χ0n) is 11.3. The zero-order valence-corrected chi connectivity index (χ0v) is 11.3. The zero-order chi connectivity index (χ0) is 14.7. The molecule has 0 aromatic heterocycles. The molecule has 0 heterocycles. The highest BCUT2D eigenvalue weighted by Crippen LogP contribution is 2.27. The van der Waals surface area contributed by atoms with Gasteiger partial charge in [-0.1, -0.05) is 6.42 Å². The van der Waals surface area contributed by atoms with E-state index in [1.54, 1.807) is 4.90 Å². The monoisotopic (exact) mass is 280 g/mol. The number of benzene rings is 1. The van der Waals surface area contributed by atoms with Crippen LogP contribution in [0.2, 0.25) is 0 Å². The summed E-state index contributed by atoms with van der Waals surface area (Å²) in [5, 5.41) is 10.6. The van der Waals surface area contributed by atoms with Gasteiger partial charge in [0.1, 0.15) is 0 Å². The molecular weight excluding hydrogens is 263 g/mol. The summed E-state index contributed by atoms with van der Waals surface area (Å²) in [5.74, 6) is -0.712. The van der Waals surface area contributed by atoms with Gasteiger partial charge in [0.05, 0.1) is 4.92 Å². The highest BCUT2D eigenvalue weighted by atomic mass is 19.1. The number of carbonyl (C=O) groups is 1. The normalized spacial score (nSPS) is 14.7. The van der Waals surface area contributed by atoms with Gasteiger partial charge < -0.3 is 4.90 Å². The van der Waals surface area contributed by atoms with Crippen molar-refractivity contribution < 1.29 is 14.1 Å². The SMILES string of the molecule is CCN(CC1CCC1)C(=O)c1ccc([N+](=O)[O-])c(F)c1. The van der Waals surface area contributed by atoms with Gasteiger partial charge in [0, 0.05) is 24.7 Å². The van der Waals surface area contributed by atoms with Crippen LogP contribution in [-0.4, -0.2) is 28.8 Å². The Morgan fingerprint density at radius 3 is 2.65 bits per heavy atom. The van der Waals surface area contributed by atoms with Crippen molar-refractivity contribution in [1.29, 1.82) is 0 Å². The summed E-state index contributed by atoms with van der Waals surface area (Å²) in [5.41, 5.74) is -0.446. The van der Waals surface area contributed by atoms with Crippen LogP contribution in [-0.2, 0) is 0 Å². The number of nitrogens with zero attached hydrogens (tertiary/aromatic N) is 2. The molecule has 1 aromatic rings. The van der Waals surface area contributed by atoms with Crippen molar-refractivity contribution in [3.63, 3.8) is 0 Å². The first-order valence-electron chi connectivity index (χ1n) is 6.76. The van der Waals surface area contributed by atoms with E-state index < -0.39 is 16.4 Å². The van der Waals surface area contributed by atoms with Crippen molar-refractivity contribution >= 4 is 11.6 Å². The second-order valence-electron chi connectivity index (χ2n) is 5.06. The molecule has 1 aromatic carbocycles. The lowest BCUT2D eigenvalue weighted by molar-refractivity contribution is -0.387. The van der Waals surface area contributed by atoms with E-state index in [-0.39, 0.29) is 11.5 Å². The smallest absolute Gasteiger partial charge is 0.304 e. The van der Waals surface area contributed by atoms with Crippen LogP contribution in [0.15, 0.2) is 18.2 Å². The van der Waals surface area contributed by atoms with Gasteiger partial charge in [-0.3, -0.25) is 14.9 Å². The Hall–Kier alpha value is -1.98. The van der Waals surface area contributed by atoms with E-state index in [1.807, 2.05) is 6.92 Å². The summed E-state index contributed by atoms with van der Waals surface area (Å²) in [6, 6.07) is 3.30. The van der Waals surface area contributed by atoms with Gasteiger partial charge in [-0.05, 0) is 37.8 Å². The molecule has 1 fully saturated rings. The number of hydrogen-bond acceptors (Lipinski definition) is 3. The molecule has 0 aliphatic heterocycles. The van der Waals surface area contributed by atoms with Crippen LogP contribution in [0, 0.1) is 21.8 Å². The predicted octanol–water partition coefficient (Wildman–Crippen LogP) is 3.00. The maximum absolute atomic E-state index is 13.6. The Morgan fingerprint density at radius 2 is 2.20 bits per heavy atom. The van der Waals surface area contributed by atoms with Crippen LogP contribution in [0.1, 0.15) is 36.5 Å². The number of nitro groups is 1. The number of amides is 1. The van der Waals surface area contributed by atoms with Gasteiger partial charge in [0.2, 0.25) is 5.82 Å². The molecule has 2 rings (SSSR count). The Morgan fingerprint density at radius 1 is 1.50 bits per heavy atom. The molecule has 1 saturated carbocycles. The van der Waals surface area contributed by atoms with Crippen molar-refractivity contribution in [2.45, 2.75) is 26.2 Å². The fourth-order valence-electron chi connectivity index (χ4n) is 2.31. The Labute approximate surface area is 116 Å². The van der Waals surface area contributed by atoms with E-state index in [0.717, 1.165) is 25.0 Å². The van der Waals surface area contributed by atoms with E-state index in [0.29, 0.717) is 19.0 Å².